The Kier molecular flexibility index (Phi) is 3.16. The number of aliphatic hydroxyl groups is 1. The predicted molar refractivity (Wildman–Crippen MR) is 65.1 cm³/mol. The van der Waals surface area contributed by atoms with Crippen LogP contribution >= 0.6 is 15.9 Å². The number of benzene rings is 1. The van der Waals surface area contributed by atoms with Crippen molar-refractivity contribution in [1.82, 2.24) is 4.90 Å². The van der Waals surface area contributed by atoms with E-state index in [1.165, 1.54) is 0 Å². The topological polar surface area (TPSA) is 66.6 Å². The summed E-state index contributed by atoms with van der Waals surface area (Å²) >= 11 is 3.28. The molecule has 0 bridgehead atoms. The van der Waals surface area contributed by atoms with Gasteiger partial charge in [-0.05, 0) is 40.5 Å². The maximum Gasteiger partial charge on any atom is 0.254 e. The normalized spacial score (nSPS) is 20.1. The summed E-state index contributed by atoms with van der Waals surface area (Å²) < 4.78 is 0.783. The zero-order chi connectivity index (χ0) is 11.7. The van der Waals surface area contributed by atoms with E-state index in [9.17, 15) is 9.90 Å². The molecule has 0 aliphatic carbocycles. The van der Waals surface area contributed by atoms with E-state index in [1.54, 1.807) is 23.1 Å². The highest BCUT2D eigenvalue weighted by atomic mass is 79.9. The molecule has 1 heterocycles. The van der Waals surface area contributed by atoms with Crippen molar-refractivity contribution in [3.63, 3.8) is 0 Å². The summed E-state index contributed by atoms with van der Waals surface area (Å²) in [5.41, 5.74) is 6.83. The third-order valence-corrected chi connectivity index (χ3v) is 3.42. The molecule has 1 aliphatic rings. The van der Waals surface area contributed by atoms with Crippen LogP contribution in [0.2, 0.25) is 0 Å². The lowest BCUT2D eigenvalue weighted by atomic mass is 10.2. The molecule has 4 nitrogen and oxygen atoms in total. The van der Waals surface area contributed by atoms with Crippen LogP contribution in [-0.4, -0.2) is 35.1 Å². The lowest BCUT2D eigenvalue weighted by molar-refractivity contribution is 0.0765. The predicted octanol–water partition coefficient (Wildman–Crippen LogP) is 1.24. The quantitative estimate of drug-likeness (QED) is 0.763. The average Bonchev–Trinajstić information content (AvgIpc) is 2.68. The zero-order valence-corrected chi connectivity index (χ0v) is 10.3. The molecule has 0 spiro atoms. The van der Waals surface area contributed by atoms with Crippen molar-refractivity contribution in [3.05, 3.63) is 28.2 Å². The Labute approximate surface area is 102 Å². The van der Waals surface area contributed by atoms with Gasteiger partial charge in [0.2, 0.25) is 0 Å². The minimum absolute atomic E-state index is 0.0734. The molecule has 0 saturated carbocycles. The Hall–Kier alpha value is -1.07. The van der Waals surface area contributed by atoms with Crippen LogP contribution in [0, 0.1) is 0 Å². The smallest absolute Gasteiger partial charge is 0.254 e. The number of aliphatic hydroxyl groups excluding tert-OH is 1. The molecule has 1 aromatic carbocycles. The van der Waals surface area contributed by atoms with Crippen LogP contribution in [0.25, 0.3) is 0 Å². The van der Waals surface area contributed by atoms with Gasteiger partial charge in [-0.1, -0.05) is 0 Å². The second kappa shape index (κ2) is 4.43. The highest BCUT2D eigenvalue weighted by Crippen LogP contribution is 2.22. The van der Waals surface area contributed by atoms with E-state index < -0.39 is 6.10 Å². The fraction of sp³-hybridized carbons (Fsp3) is 0.364. The Morgan fingerprint density at radius 2 is 2.31 bits per heavy atom. The van der Waals surface area contributed by atoms with Crippen LogP contribution in [0.1, 0.15) is 16.8 Å². The minimum Gasteiger partial charge on any atom is -0.398 e. The molecule has 1 unspecified atom stereocenters. The monoisotopic (exact) mass is 284 g/mol. The molecule has 0 radical (unpaired) electrons. The number of amides is 1. The van der Waals surface area contributed by atoms with Crippen LogP contribution in [0.4, 0.5) is 5.69 Å². The Morgan fingerprint density at radius 1 is 1.56 bits per heavy atom. The maximum atomic E-state index is 12.0. The zero-order valence-electron chi connectivity index (χ0n) is 8.69. The molecule has 1 saturated heterocycles. The first-order valence-electron chi connectivity index (χ1n) is 5.10. The van der Waals surface area contributed by atoms with Gasteiger partial charge in [0.25, 0.3) is 5.91 Å². The Bertz CT molecular complexity index is 422. The standard InChI is InChI=1S/C11H13BrN2O2/c12-9-2-1-7(5-10(9)13)11(16)14-4-3-8(15)6-14/h1-2,5,8,15H,3-4,6,13H2. The number of carbonyl (C=O) groups excluding carboxylic acids is 1. The number of nitrogens with two attached hydrogens (primary N) is 1. The van der Waals surface area contributed by atoms with Gasteiger partial charge in [-0.15, -0.1) is 0 Å². The SMILES string of the molecule is Nc1cc(C(=O)N2CCC(O)C2)ccc1Br. The van der Waals surface area contributed by atoms with Crippen molar-refractivity contribution in [2.24, 2.45) is 0 Å². The van der Waals surface area contributed by atoms with Gasteiger partial charge in [0.15, 0.2) is 0 Å². The lowest BCUT2D eigenvalue weighted by Gasteiger charge is -2.15. The summed E-state index contributed by atoms with van der Waals surface area (Å²) in [6.07, 6.45) is 0.259. The third kappa shape index (κ3) is 2.20. The van der Waals surface area contributed by atoms with E-state index in [4.69, 9.17) is 5.73 Å². The van der Waals surface area contributed by atoms with Crippen LogP contribution in [0.3, 0.4) is 0 Å². The van der Waals surface area contributed by atoms with Crippen molar-refractivity contribution in [2.75, 3.05) is 18.8 Å². The van der Waals surface area contributed by atoms with Crippen molar-refractivity contribution < 1.29 is 9.90 Å². The number of hydrogen-bond acceptors (Lipinski definition) is 3. The van der Waals surface area contributed by atoms with E-state index >= 15 is 0 Å². The van der Waals surface area contributed by atoms with Crippen LogP contribution in [0.5, 0.6) is 0 Å². The van der Waals surface area contributed by atoms with E-state index in [2.05, 4.69) is 15.9 Å². The number of rotatable bonds is 1. The number of likely N-dealkylation sites (tertiary alicyclic amines) is 1. The van der Waals surface area contributed by atoms with Gasteiger partial charge < -0.3 is 15.7 Å². The Balaban J connectivity index is 2.18. The van der Waals surface area contributed by atoms with Gasteiger partial charge in [0, 0.05) is 28.8 Å². The molecule has 1 aromatic rings. The molecule has 1 amide bonds. The van der Waals surface area contributed by atoms with Gasteiger partial charge >= 0.3 is 0 Å². The molecule has 1 atom stereocenters. The highest BCUT2D eigenvalue weighted by Gasteiger charge is 2.25. The Morgan fingerprint density at radius 3 is 2.88 bits per heavy atom. The van der Waals surface area contributed by atoms with E-state index in [0.29, 0.717) is 30.8 Å². The molecular formula is C11H13BrN2O2. The van der Waals surface area contributed by atoms with Gasteiger partial charge in [0.1, 0.15) is 0 Å². The van der Waals surface area contributed by atoms with Crippen LogP contribution < -0.4 is 5.73 Å². The molecule has 3 N–H and O–H groups in total. The number of carbonyl (C=O) groups is 1. The molecule has 86 valence electrons. The first-order valence-corrected chi connectivity index (χ1v) is 5.89. The van der Waals surface area contributed by atoms with Gasteiger partial charge in [-0.3, -0.25) is 4.79 Å². The van der Waals surface area contributed by atoms with Crippen molar-refractivity contribution in [3.8, 4) is 0 Å². The molecule has 16 heavy (non-hydrogen) atoms. The number of β-amino-alcohol motifs (C(OH)–C–C–N with tert-alkyl or cyclic N) is 1. The van der Waals surface area contributed by atoms with Crippen LogP contribution in [-0.2, 0) is 0 Å². The summed E-state index contributed by atoms with van der Waals surface area (Å²) in [4.78, 5) is 13.6. The molecule has 1 aliphatic heterocycles. The molecule has 5 heteroatoms. The summed E-state index contributed by atoms with van der Waals surface area (Å²) in [6, 6.07) is 5.14. The van der Waals surface area contributed by atoms with Crippen molar-refractivity contribution in [2.45, 2.75) is 12.5 Å². The van der Waals surface area contributed by atoms with E-state index in [-0.39, 0.29) is 5.91 Å². The average molecular weight is 285 g/mol. The number of nitrogen functional groups attached to an aromatic ring is 1. The molecule has 2 rings (SSSR count). The maximum absolute atomic E-state index is 12.0. The van der Waals surface area contributed by atoms with Crippen molar-refractivity contribution in [1.29, 1.82) is 0 Å². The van der Waals surface area contributed by atoms with Crippen LogP contribution in [0.15, 0.2) is 22.7 Å². The fourth-order valence-corrected chi connectivity index (χ4v) is 2.03. The first-order chi connectivity index (χ1) is 7.58. The summed E-state index contributed by atoms with van der Waals surface area (Å²) in [7, 11) is 0. The number of halogens is 1. The lowest BCUT2D eigenvalue weighted by Crippen LogP contribution is -2.29. The van der Waals surface area contributed by atoms with Gasteiger partial charge in [-0.25, -0.2) is 0 Å². The van der Waals surface area contributed by atoms with E-state index in [0.717, 1.165) is 4.47 Å². The molecule has 1 fully saturated rings. The van der Waals surface area contributed by atoms with E-state index in [1.807, 2.05) is 0 Å². The second-order valence-corrected chi connectivity index (χ2v) is 4.78. The number of anilines is 1. The summed E-state index contributed by atoms with van der Waals surface area (Å²) in [6.45, 7) is 1.02. The van der Waals surface area contributed by atoms with Gasteiger partial charge in [-0.2, -0.15) is 0 Å². The number of nitrogens with zero attached hydrogens (tertiary/aromatic N) is 1. The first kappa shape index (κ1) is 11.4. The largest absolute Gasteiger partial charge is 0.398 e. The summed E-state index contributed by atoms with van der Waals surface area (Å²) in [5, 5.41) is 9.37. The highest BCUT2D eigenvalue weighted by molar-refractivity contribution is 9.10. The number of hydrogen-bond donors (Lipinski definition) is 2. The summed E-state index contributed by atoms with van der Waals surface area (Å²) in [5.74, 6) is -0.0734. The third-order valence-electron chi connectivity index (χ3n) is 2.69. The van der Waals surface area contributed by atoms with Gasteiger partial charge in [0.05, 0.1) is 6.10 Å². The fourth-order valence-electron chi connectivity index (χ4n) is 1.79. The molecule has 0 aromatic heterocycles. The molecular weight excluding hydrogens is 272 g/mol. The minimum atomic E-state index is -0.392. The second-order valence-electron chi connectivity index (χ2n) is 3.93. The van der Waals surface area contributed by atoms with Crippen molar-refractivity contribution >= 4 is 27.5 Å².